The lowest BCUT2D eigenvalue weighted by Gasteiger charge is -2.09. The summed E-state index contributed by atoms with van der Waals surface area (Å²) in [5.41, 5.74) is 4.91. The summed E-state index contributed by atoms with van der Waals surface area (Å²) in [6.45, 7) is 6.05. The molecule has 0 saturated carbocycles. The summed E-state index contributed by atoms with van der Waals surface area (Å²) in [5.74, 6) is 0.619. The minimum atomic E-state index is -0.392. The van der Waals surface area contributed by atoms with E-state index in [0.717, 1.165) is 11.1 Å². The smallest absolute Gasteiger partial charge is 0.277 e. The number of nitrogens with zero attached hydrogens (tertiary/aromatic N) is 1. The summed E-state index contributed by atoms with van der Waals surface area (Å²) in [6.07, 6.45) is 1.35. The van der Waals surface area contributed by atoms with Crippen molar-refractivity contribution in [2.75, 3.05) is 13.2 Å². The van der Waals surface area contributed by atoms with Crippen LogP contribution >= 0.6 is 0 Å². The number of hydrogen-bond acceptors (Lipinski definition) is 5. The summed E-state index contributed by atoms with van der Waals surface area (Å²) in [6, 6.07) is 10.8. The lowest BCUT2D eigenvalue weighted by molar-refractivity contribution is -0.123. The average molecular weight is 342 g/mol. The van der Waals surface area contributed by atoms with Crippen LogP contribution in [0.3, 0.4) is 0 Å². The fourth-order valence-corrected chi connectivity index (χ4v) is 2.23. The number of aryl methyl sites for hydroxylation is 2. The monoisotopic (exact) mass is 342 g/mol. The van der Waals surface area contributed by atoms with Crippen molar-refractivity contribution in [3.8, 4) is 17.2 Å². The number of ether oxygens (including phenoxy) is 2. The maximum atomic E-state index is 11.8. The summed E-state index contributed by atoms with van der Waals surface area (Å²) in [7, 11) is 0. The van der Waals surface area contributed by atoms with E-state index in [-0.39, 0.29) is 12.4 Å². The Morgan fingerprint density at radius 3 is 2.72 bits per heavy atom. The Morgan fingerprint density at radius 1 is 1.20 bits per heavy atom. The van der Waals surface area contributed by atoms with Gasteiger partial charge >= 0.3 is 0 Å². The number of para-hydroxylation sites is 1. The molecule has 132 valence electrons. The van der Waals surface area contributed by atoms with Crippen LogP contribution in [0, 0.1) is 13.8 Å². The summed E-state index contributed by atoms with van der Waals surface area (Å²) in [4.78, 5) is 11.8. The molecule has 0 bridgehead atoms. The first-order chi connectivity index (χ1) is 12.0. The van der Waals surface area contributed by atoms with Gasteiger partial charge in [-0.2, -0.15) is 5.10 Å². The molecule has 2 rings (SSSR count). The van der Waals surface area contributed by atoms with Gasteiger partial charge < -0.3 is 14.6 Å². The molecule has 0 fully saturated rings. The van der Waals surface area contributed by atoms with Crippen molar-refractivity contribution >= 4 is 12.1 Å². The Labute approximate surface area is 147 Å². The molecular weight excluding hydrogens is 320 g/mol. The van der Waals surface area contributed by atoms with Crippen LogP contribution in [0.1, 0.15) is 23.6 Å². The number of rotatable bonds is 7. The number of hydrogen-bond donors (Lipinski definition) is 2. The van der Waals surface area contributed by atoms with Gasteiger partial charge in [-0.15, -0.1) is 0 Å². The Kier molecular flexibility index (Phi) is 6.39. The highest BCUT2D eigenvalue weighted by atomic mass is 16.5. The van der Waals surface area contributed by atoms with Crippen molar-refractivity contribution in [2.24, 2.45) is 5.10 Å². The number of phenolic OH excluding ortho intramolecular Hbond substituents is 1. The standard InChI is InChI=1S/C19H22N2O4/c1-4-24-17-7-5-6-15(19(17)23)11-20-21-18(22)12-25-16-9-8-13(2)10-14(16)3/h5-11,23H,4,12H2,1-3H3,(H,21,22)/b20-11-. The van der Waals surface area contributed by atoms with Crippen LogP contribution in [0.15, 0.2) is 41.5 Å². The van der Waals surface area contributed by atoms with Crippen LogP contribution in [0.25, 0.3) is 0 Å². The normalized spacial score (nSPS) is 10.7. The molecule has 2 N–H and O–H groups in total. The molecule has 0 atom stereocenters. The van der Waals surface area contributed by atoms with E-state index < -0.39 is 5.91 Å². The number of carbonyl (C=O) groups is 1. The third-order valence-electron chi connectivity index (χ3n) is 3.41. The van der Waals surface area contributed by atoms with E-state index >= 15 is 0 Å². The highest BCUT2D eigenvalue weighted by Crippen LogP contribution is 2.28. The number of carbonyl (C=O) groups excluding carboxylic acids is 1. The lowest BCUT2D eigenvalue weighted by Crippen LogP contribution is -2.24. The zero-order valence-corrected chi connectivity index (χ0v) is 14.6. The number of hydrazone groups is 1. The molecule has 0 radical (unpaired) electrons. The largest absolute Gasteiger partial charge is 0.504 e. The fourth-order valence-electron chi connectivity index (χ4n) is 2.23. The minimum Gasteiger partial charge on any atom is -0.504 e. The SMILES string of the molecule is CCOc1cccc(/C=N\NC(=O)COc2ccc(C)cc2C)c1O. The van der Waals surface area contributed by atoms with E-state index in [9.17, 15) is 9.90 Å². The maximum absolute atomic E-state index is 11.8. The number of phenols is 1. The molecular formula is C19H22N2O4. The van der Waals surface area contributed by atoms with Gasteiger partial charge in [-0.1, -0.05) is 23.8 Å². The lowest BCUT2D eigenvalue weighted by atomic mass is 10.1. The molecule has 0 aliphatic heterocycles. The van der Waals surface area contributed by atoms with E-state index in [1.165, 1.54) is 6.21 Å². The molecule has 6 heteroatoms. The molecule has 0 saturated heterocycles. The van der Waals surface area contributed by atoms with Crippen LogP contribution < -0.4 is 14.9 Å². The van der Waals surface area contributed by atoms with Crippen LogP contribution in [0.5, 0.6) is 17.2 Å². The Morgan fingerprint density at radius 2 is 2.00 bits per heavy atom. The second-order valence-electron chi connectivity index (χ2n) is 5.48. The Balaban J connectivity index is 1.89. The highest BCUT2D eigenvalue weighted by Gasteiger charge is 2.07. The Bertz CT molecular complexity index is 772. The van der Waals surface area contributed by atoms with Crippen molar-refractivity contribution in [3.05, 3.63) is 53.1 Å². The first-order valence-electron chi connectivity index (χ1n) is 7.98. The topological polar surface area (TPSA) is 80.2 Å². The van der Waals surface area contributed by atoms with E-state index in [2.05, 4.69) is 10.5 Å². The predicted octanol–water partition coefficient (Wildman–Crippen LogP) is 2.94. The Hall–Kier alpha value is -3.02. The number of nitrogens with one attached hydrogen (secondary N) is 1. The number of amides is 1. The van der Waals surface area contributed by atoms with Crippen molar-refractivity contribution in [2.45, 2.75) is 20.8 Å². The molecule has 6 nitrogen and oxygen atoms in total. The minimum absolute atomic E-state index is 0.0196. The zero-order valence-electron chi connectivity index (χ0n) is 14.6. The van der Waals surface area contributed by atoms with Gasteiger partial charge in [-0.25, -0.2) is 5.43 Å². The first kappa shape index (κ1) is 18.3. The molecule has 1 amide bonds. The quantitative estimate of drug-likeness (QED) is 0.599. The molecule has 0 aliphatic rings. The van der Waals surface area contributed by atoms with Crippen molar-refractivity contribution in [1.29, 1.82) is 0 Å². The van der Waals surface area contributed by atoms with Gasteiger partial charge in [0.15, 0.2) is 18.1 Å². The van der Waals surface area contributed by atoms with Gasteiger partial charge in [0.05, 0.1) is 12.8 Å². The van der Waals surface area contributed by atoms with Gasteiger partial charge in [0, 0.05) is 5.56 Å². The van der Waals surface area contributed by atoms with Crippen LogP contribution in [0.4, 0.5) is 0 Å². The highest BCUT2D eigenvalue weighted by molar-refractivity contribution is 5.86. The van der Waals surface area contributed by atoms with Gasteiger partial charge in [-0.3, -0.25) is 4.79 Å². The van der Waals surface area contributed by atoms with Crippen LogP contribution in [0.2, 0.25) is 0 Å². The molecule has 2 aromatic carbocycles. The summed E-state index contributed by atoms with van der Waals surface area (Å²) in [5, 5.41) is 13.9. The van der Waals surface area contributed by atoms with Crippen molar-refractivity contribution in [3.63, 3.8) is 0 Å². The number of benzene rings is 2. The molecule has 2 aromatic rings. The summed E-state index contributed by atoms with van der Waals surface area (Å²) < 4.78 is 10.8. The van der Waals surface area contributed by atoms with Gasteiger partial charge in [0.25, 0.3) is 5.91 Å². The second kappa shape index (κ2) is 8.73. The maximum Gasteiger partial charge on any atom is 0.277 e. The molecule has 0 aliphatic carbocycles. The van der Waals surface area contributed by atoms with E-state index in [1.54, 1.807) is 18.2 Å². The van der Waals surface area contributed by atoms with E-state index in [4.69, 9.17) is 9.47 Å². The average Bonchev–Trinajstić information content (AvgIpc) is 2.57. The van der Waals surface area contributed by atoms with Crippen molar-refractivity contribution < 1.29 is 19.4 Å². The summed E-state index contributed by atoms with van der Waals surface area (Å²) >= 11 is 0. The molecule has 0 heterocycles. The zero-order chi connectivity index (χ0) is 18.2. The van der Waals surface area contributed by atoms with Gasteiger partial charge in [0.2, 0.25) is 0 Å². The van der Waals surface area contributed by atoms with Crippen LogP contribution in [-0.2, 0) is 4.79 Å². The molecule has 0 spiro atoms. The number of aromatic hydroxyl groups is 1. The van der Waals surface area contributed by atoms with E-state index in [1.807, 2.05) is 39.0 Å². The van der Waals surface area contributed by atoms with Gasteiger partial charge in [-0.05, 0) is 44.5 Å². The first-order valence-corrected chi connectivity index (χ1v) is 7.98. The molecule has 25 heavy (non-hydrogen) atoms. The second-order valence-corrected chi connectivity index (χ2v) is 5.48. The molecule has 0 aromatic heterocycles. The predicted molar refractivity (Wildman–Crippen MR) is 96.4 cm³/mol. The molecule has 0 unspecified atom stereocenters. The van der Waals surface area contributed by atoms with Crippen molar-refractivity contribution in [1.82, 2.24) is 5.43 Å². The fraction of sp³-hybridized carbons (Fsp3) is 0.263. The van der Waals surface area contributed by atoms with E-state index in [0.29, 0.717) is 23.7 Å². The van der Waals surface area contributed by atoms with Crippen LogP contribution in [-0.4, -0.2) is 30.4 Å². The third kappa shape index (κ3) is 5.24. The van der Waals surface area contributed by atoms with Gasteiger partial charge in [0.1, 0.15) is 5.75 Å². The third-order valence-corrected chi connectivity index (χ3v) is 3.41.